The summed E-state index contributed by atoms with van der Waals surface area (Å²) in [6.07, 6.45) is -4.02. The van der Waals surface area contributed by atoms with Gasteiger partial charge >= 0.3 is 12.1 Å². The summed E-state index contributed by atoms with van der Waals surface area (Å²) in [5, 5.41) is 0. The van der Waals surface area contributed by atoms with Crippen molar-refractivity contribution in [2.24, 2.45) is 0 Å². The van der Waals surface area contributed by atoms with E-state index in [2.05, 4.69) is 9.71 Å². The number of alkyl halides is 3. The van der Waals surface area contributed by atoms with Gasteiger partial charge in [-0.05, 0) is 69.7 Å². The molecule has 8 nitrogen and oxygen atoms in total. The molecule has 0 aliphatic rings. The molecule has 35 heavy (non-hydrogen) atoms. The Morgan fingerprint density at radius 1 is 1.14 bits per heavy atom. The minimum atomic E-state index is -4.58. The van der Waals surface area contributed by atoms with Crippen LogP contribution >= 0.6 is 0 Å². The number of carbonyl (C=O) groups excluding carboxylic acids is 1. The van der Waals surface area contributed by atoms with Crippen LogP contribution in [0.25, 0.3) is 11.0 Å². The predicted molar refractivity (Wildman–Crippen MR) is 124 cm³/mol. The van der Waals surface area contributed by atoms with Crippen LogP contribution in [-0.4, -0.2) is 43.3 Å². The standard InChI is InChI=1S/C23H26F3N3O5S/c1-4-33-21(30)16-6-11-20-19(14-16)27-22(29(20)12-5-13-34-15(2)3)28-35(31,32)18-9-7-17(8-10-18)23(24,25)26/h6-11,14-15H,4-5,12-13H2,1-3H3,(H,27,28). The molecule has 190 valence electrons. The van der Waals surface area contributed by atoms with Crippen molar-refractivity contribution >= 4 is 33.0 Å². The number of sulfonamides is 1. The number of carbonyl (C=O) groups is 1. The summed E-state index contributed by atoms with van der Waals surface area (Å²) in [6, 6.07) is 7.84. The number of aromatic nitrogens is 2. The van der Waals surface area contributed by atoms with Crippen LogP contribution < -0.4 is 4.72 Å². The van der Waals surface area contributed by atoms with Crippen LogP contribution in [0.15, 0.2) is 47.4 Å². The van der Waals surface area contributed by atoms with Crippen molar-refractivity contribution in [2.75, 3.05) is 17.9 Å². The number of anilines is 1. The second-order valence-electron chi connectivity index (χ2n) is 7.91. The Labute approximate surface area is 201 Å². The number of rotatable bonds is 10. The first kappa shape index (κ1) is 26.5. The van der Waals surface area contributed by atoms with E-state index < -0.39 is 27.7 Å². The molecular weight excluding hydrogens is 487 g/mol. The molecule has 0 bridgehead atoms. The maximum Gasteiger partial charge on any atom is 0.416 e. The number of nitrogens with one attached hydrogen (secondary N) is 1. The van der Waals surface area contributed by atoms with E-state index in [-0.39, 0.29) is 29.1 Å². The largest absolute Gasteiger partial charge is 0.462 e. The van der Waals surface area contributed by atoms with Gasteiger partial charge in [-0.15, -0.1) is 0 Å². The molecule has 0 radical (unpaired) electrons. The second kappa shape index (κ2) is 10.6. The highest BCUT2D eigenvalue weighted by Gasteiger charge is 2.31. The zero-order chi connectivity index (χ0) is 25.8. The molecule has 0 amide bonds. The fourth-order valence-electron chi connectivity index (χ4n) is 3.32. The van der Waals surface area contributed by atoms with Crippen LogP contribution in [0.5, 0.6) is 0 Å². The molecule has 12 heteroatoms. The number of halogens is 3. The third kappa shape index (κ3) is 6.51. The van der Waals surface area contributed by atoms with Crippen LogP contribution in [0.1, 0.15) is 43.1 Å². The molecule has 0 fully saturated rings. The van der Waals surface area contributed by atoms with Gasteiger partial charge in [-0.25, -0.2) is 22.9 Å². The highest BCUT2D eigenvalue weighted by molar-refractivity contribution is 7.92. The summed E-state index contributed by atoms with van der Waals surface area (Å²) < 4.78 is 78.9. The number of aryl methyl sites for hydroxylation is 1. The lowest BCUT2D eigenvalue weighted by Crippen LogP contribution is -2.17. The van der Waals surface area contributed by atoms with Gasteiger partial charge in [0.1, 0.15) is 0 Å². The molecule has 0 aliphatic carbocycles. The highest BCUT2D eigenvalue weighted by atomic mass is 32.2. The van der Waals surface area contributed by atoms with Crippen LogP contribution in [0.2, 0.25) is 0 Å². The molecule has 0 atom stereocenters. The molecule has 1 heterocycles. The van der Waals surface area contributed by atoms with Crippen molar-refractivity contribution < 1.29 is 35.9 Å². The van der Waals surface area contributed by atoms with Gasteiger partial charge in [0.2, 0.25) is 5.95 Å². The third-order valence-electron chi connectivity index (χ3n) is 4.95. The van der Waals surface area contributed by atoms with Crippen molar-refractivity contribution in [2.45, 2.75) is 50.9 Å². The molecular formula is C23H26F3N3O5S. The van der Waals surface area contributed by atoms with Gasteiger partial charge in [-0.3, -0.25) is 0 Å². The van der Waals surface area contributed by atoms with Gasteiger partial charge in [0, 0.05) is 13.2 Å². The molecule has 1 N–H and O–H groups in total. The molecule has 0 unspecified atom stereocenters. The monoisotopic (exact) mass is 513 g/mol. The SMILES string of the molecule is CCOC(=O)c1ccc2c(c1)nc(NS(=O)(=O)c1ccc(C(F)(F)F)cc1)n2CCCOC(C)C. The summed E-state index contributed by atoms with van der Waals surface area (Å²) in [4.78, 5) is 16.1. The molecule has 0 saturated carbocycles. The first-order chi connectivity index (χ1) is 16.4. The number of nitrogens with zero attached hydrogens (tertiary/aromatic N) is 2. The lowest BCUT2D eigenvalue weighted by molar-refractivity contribution is -0.137. The first-order valence-corrected chi connectivity index (χ1v) is 12.4. The van der Waals surface area contributed by atoms with E-state index >= 15 is 0 Å². The Balaban J connectivity index is 1.96. The Kier molecular flexibility index (Phi) is 8.06. The van der Waals surface area contributed by atoms with E-state index in [9.17, 15) is 26.4 Å². The fraction of sp³-hybridized carbons (Fsp3) is 0.391. The van der Waals surface area contributed by atoms with E-state index in [0.29, 0.717) is 42.7 Å². The zero-order valence-corrected chi connectivity index (χ0v) is 20.2. The van der Waals surface area contributed by atoms with Gasteiger partial charge < -0.3 is 14.0 Å². The van der Waals surface area contributed by atoms with Crippen molar-refractivity contribution in [3.8, 4) is 0 Å². The topological polar surface area (TPSA) is 99.5 Å². The van der Waals surface area contributed by atoms with Crippen molar-refractivity contribution in [3.63, 3.8) is 0 Å². The molecule has 0 spiro atoms. The normalized spacial score (nSPS) is 12.3. The van der Waals surface area contributed by atoms with Gasteiger partial charge in [0.15, 0.2) is 0 Å². The second-order valence-corrected chi connectivity index (χ2v) is 9.59. The van der Waals surface area contributed by atoms with Crippen molar-refractivity contribution in [1.82, 2.24) is 9.55 Å². The maximum atomic E-state index is 12.9. The minimum Gasteiger partial charge on any atom is -0.462 e. The lowest BCUT2D eigenvalue weighted by Gasteiger charge is -2.13. The minimum absolute atomic E-state index is 0.0271. The quantitative estimate of drug-likeness (QED) is 0.307. The zero-order valence-electron chi connectivity index (χ0n) is 19.4. The predicted octanol–water partition coefficient (Wildman–Crippen LogP) is 4.85. The van der Waals surface area contributed by atoms with Crippen LogP contribution in [0, 0.1) is 0 Å². The summed E-state index contributed by atoms with van der Waals surface area (Å²) in [6.45, 7) is 6.42. The Morgan fingerprint density at radius 3 is 2.43 bits per heavy atom. The van der Waals surface area contributed by atoms with Gasteiger partial charge in [0.25, 0.3) is 10.0 Å². The van der Waals surface area contributed by atoms with Crippen molar-refractivity contribution in [3.05, 3.63) is 53.6 Å². The molecule has 1 aromatic heterocycles. The average molecular weight is 514 g/mol. The van der Waals surface area contributed by atoms with E-state index in [1.807, 2.05) is 13.8 Å². The number of fused-ring (bicyclic) bond motifs is 1. The van der Waals surface area contributed by atoms with Crippen LogP contribution in [-0.2, 0) is 32.2 Å². The number of hydrogen-bond donors (Lipinski definition) is 1. The highest BCUT2D eigenvalue weighted by Crippen LogP contribution is 2.30. The molecule has 3 rings (SSSR count). The molecule has 2 aromatic carbocycles. The van der Waals surface area contributed by atoms with E-state index in [4.69, 9.17) is 9.47 Å². The number of hydrogen-bond acceptors (Lipinski definition) is 6. The van der Waals surface area contributed by atoms with Gasteiger partial charge in [-0.2, -0.15) is 13.2 Å². The molecule has 0 aliphatic heterocycles. The Hall–Kier alpha value is -3.12. The average Bonchev–Trinajstić information content (AvgIpc) is 3.11. The number of benzene rings is 2. The van der Waals surface area contributed by atoms with Crippen molar-refractivity contribution in [1.29, 1.82) is 0 Å². The maximum absolute atomic E-state index is 12.9. The number of ether oxygens (including phenoxy) is 2. The molecule has 0 saturated heterocycles. The smallest absolute Gasteiger partial charge is 0.416 e. The summed E-state index contributed by atoms with van der Waals surface area (Å²) in [5.74, 6) is -0.577. The van der Waals surface area contributed by atoms with Crippen LogP contribution in [0.4, 0.5) is 19.1 Å². The van der Waals surface area contributed by atoms with E-state index in [1.165, 1.54) is 6.07 Å². The van der Waals surface area contributed by atoms with E-state index in [0.717, 1.165) is 12.1 Å². The Morgan fingerprint density at radius 2 is 1.83 bits per heavy atom. The number of esters is 1. The number of imidazole rings is 1. The summed E-state index contributed by atoms with van der Waals surface area (Å²) in [5.41, 5.74) is 0.211. The first-order valence-electron chi connectivity index (χ1n) is 10.9. The lowest BCUT2D eigenvalue weighted by atomic mass is 10.2. The fourth-order valence-corrected chi connectivity index (χ4v) is 4.33. The Bertz CT molecular complexity index is 1290. The van der Waals surface area contributed by atoms with E-state index in [1.54, 1.807) is 23.6 Å². The van der Waals surface area contributed by atoms with Gasteiger partial charge in [-0.1, -0.05) is 0 Å². The summed E-state index contributed by atoms with van der Waals surface area (Å²) >= 11 is 0. The molecule has 3 aromatic rings. The summed E-state index contributed by atoms with van der Waals surface area (Å²) in [7, 11) is -4.25. The van der Waals surface area contributed by atoms with Gasteiger partial charge in [0.05, 0.1) is 39.8 Å². The third-order valence-corrected chi connectivity index (χ3v) is 6.30. The van der Waals surface area contributed by atoms with Crippen LogP contribution in [0.3, 0.4) is 0 Å².